The molecule has 0 radical (unpaired) electrons. The van der Waals surface area contributed by atoms with Crippen LogP contribution in [-0.4, -0.2) is 0 Å². The zero-order valence-electron chi connectivity index (χ0n) is 17.6. The average molecular weight is 378 g/mol. The Hall–Kier alpha value is -3.32. The fourth-order valence-electron chi connectivity index (χ4n) is 3.86. The number of hydrogen-bond acceptors (Lipinski definition) is 1. The summed E-state index contributed by atoms with van der Waals surface area (Å²) in [5.74, 6) is 0. The van der Waals surface area contributed by atoms with Crippen molar-refractivity contribution >= 4 is 17.1 Å². The van der Waals surface area contributed by atoms with Gasteiger partial charge < -0.3 is 4.90 Å². The van der Waals surface area contributed by atoms with Gasteiger partial charge in [0.25, 0.3) is 0 Å². The zero-order chi connectivity index (χ0) is 20.4. The van der Waals surface area contributed by atoms with Gasteiger partial charge in [-0.1, -0.05) is 72.3 Å². The van der Waals surface area contributed by atoms with E-state index in [1.807, 2.05) is 0 Å². The monoisotopic (exact) mass is 377 g/mol. The molecule has 0 saturated carbocycles. The highest BCUT2D eigenvalue weighted by Gasteiger charge is 2.18. The van der Waals surface area contributed by atoms with Gasteiger partial charge in [0.05, 0.1) is 5.69 Å². The molecule has 1 heteroatoms. The van der Waals surface area contributed by atoms with Crippen molar-refractivity contribution in [2.75, 3.05) is 4.90 Å². The summed E-state index contributed by atoms with van der Waals surface area (Å²) in [6.45, 7) is 8.69. The van der Waals surface area contributed by atoms with Crippen LogP contribution in [0.1, 0.15) is 22.3 Å². The molecular weight excluding hydrogens is 350 g/mol. The number of aryl methyl sites for hydroxylation is 4. The van der Waals surface area contributed by atoms with E-state index >= 15 is 0 Å². The van der Waals surface area contributed by atoms with Crippen LogP contribution >= 0.6 is 0 Å². The molecule has 0 heterocycles. The molecule has 0 aliphatic rings. The molecule has 0 atom stereocenters. The molecule has 0 unspecified atom stereocenters. The van der Waals surface area contributed by atoms with Gasteiger partial charge in [-0.3, -0.25) is 0 Å². The standard InChI is InChI=1S/C28H27N/c1-20-14-17-27(23(4)18-20)29(25-16-15-21(2)22(3)19-25)28-13-9-8-12-26(28)24-10-6-5-7-11-24/h5-19H,1-4H3. The van der Waals surface area contributed by atoms with Gasteiger partial charge >= 0.3 is 0 Å². The quantitative estimate of drug-likeness (QED) is 0.347. The summed E-state index contributed by atoms with van der Waals surface area (Å²) in [5.41, 5.74) is 11.2. The lowest BCUT2D eigenvalue weighted by Crippen LogP contribution is -2.13. The van der Waals surface area contributed by atoms with Crippen molar-refractivity contribution in [3.63, 3.8) is 0 Å². The van der Waals surface area contributed by atoms with E-state index in [0.29, 0.717) is 0 Å². The number of hydrogen-bond donors (Lipinski definition) is 0. The summed E-state index contributed by atoms with van der Waals surface area (Å²) in [6, 6.07) is 32.7. The van der Waals surface area contributed by atoms with Crippen molar-refractivity contribution in [3.8, 4) is 11.1 Å². The molecule has 144 valence electrons. The lowest BCUT2D eigenvalue weighted by Gasteiger charge is -2.30. The van der Waals surface area contributed by atoms with E-state index in [9.17, 15) is 0 Å². The van der Waals surface area contributed by atoms with Gasteiger partial charge in [-0.2, -0.15) is 0 Å². The van der Waals surface area contributed by atoms with E-state index in [-0.39, 0.29) is 0 Å². The molecule has 0 N–H and O–H groups in total. The Balaban J connectivity index is 1.98. The summed E-state index contributed by atoms with van der Waals surface area (Å²) < 4.78 is 0. The second-order valence-electron chi connectivity index (χ2n) is 7.78. The van der Waals surface area contributed by atoms with Gasteiger partial charge in [-0.25, -0.2) is 0 Å². The fraction of sp³-hybridized carbons (Fsp3) is 0.143. The van der Waals surface area contributed by atoms with Crippen LogP contribution in [0, 0.1) is 27.7 Å². The molecule has 0 amide bonds. The molecule has 0 aromatic heterocycles. The van der Waals surface area contributed by atoms with Crippen molar-refractivity contribution in [3.05, 3.63) is 113 Å². The maximum absolute atomic E-state index is 2.39. The van der Waals surface area contributed by atoms with Crippen LogP contribution in [0.15, 0.2) is 91.0 Å². The topological polar surface area (TPSA) is 3.24 Å². The highest BCUT2D eigenvalue weighted by molar-refractivity contribution is 5.89. The Bertz CT molecular complexity index is 1140. The average Bonchev–Trinajstić information content (AvgIpc) is 2.73. The molecule has 0 saturated heterocycles. The van der Waals surface area contributed by atoms with Crippen molar-refractivity contribution in [2.24, 2.45) is 0 Å². The van der Waals surface area contributed by atoms with Crippen molar-refractivity contribution < 1.29 is 0 Å². The Kier molecular flexibility index (Phi) is 5.22. The second-order valence-corrected chi connectivity index (χ2v) is 7.78. The molecule has 0 aliphatic carbocycles. The normalized spacial score (nSPS) is 10.8. The van der Waals surface area contributed by atoms with Crippen molar-refractivity contribution in [1.82, 2.24) is 0 Å². The Morgan fingerprint density at radius 2 is 1.24 bits per heavy atom. The van der Waals surface area contributed by atoms with E-state index in [2.05, 4.69) is 124 Å². The summed E-state index contributed by atoms with van der Waals surface area (Å²) in [4.78, 5) is 2.39. The third-order valence-corrected chi connectivity index (χ3v) is 5.57. The van der Waals surface area contributed by atoms with E-state index < -0.39 is 0 Å². The maximum Gasteiger partial charge on any atom is 0.0540 e. The minimum absolute atomic E-state index is 1.18. The van der Waals surface area contributed by atoms with Gasteiger partial charge in [0.1, 0.15) is 0 Å². The third-order valence-electron chi connectivity index (χ3n) is 5.57. The Morgan fingerprint density at radius 3 is 1.97 bits per heavy atom. The van der Waals surface area contributed by atoms with Gasteiger partial charge in [-0.05, 0) is 74.2 Å². The first-order chi connectivity index (χ1) is 14.0. The molecule has 0 aliphatic heterocycles. The summed E-state index contributed by atoms with van der Waals surface area (Å²) in [5, 5.41) is 0. The second kappa shape index (κ2) is 7.97. The van der Waals surface area contributed by atoms with Crippen LogP contribution in [0.5, 0.6) is 0 Å². The third kappa shape index (κ3) is 3.82. The predicted octanol–water partition coefficient (Wildman–Crippen LogP) is 8.06. The maximum atomic E-state index is 2.39. The molecular formula is C28H27N. The predicted molar refractivity (Wildman–Crippen MR) is 126 cm³/mol. The molecule has 0 fully saturated rings. The van der Waals surface area contributed by atoms with Crippen molar-refractivity contribution in [1.29, 1.82) is 0 Å². The first-order valence-corrected chi connectivity index (χ1v) is 10.1. The Labute approximate surface area is 174 Å². The number of rotatable bonds is 4. The summed E-state index contributed by atoms with van der Waals surface area (Å²) >= 11 is 0. The number of benzene rings is 4. The molecule has 29 heavy (non-hydrogen) atoms. The zero-order valence-corrected chi connectivity index (χ0v) is 17.6. The number of anilines is 3. The van der Waals surface area contributed by atoms with Gasteiger partial charge in [0.15, 0.2) is 0 Å². The van der Waals surface area contributed by atoms with Crippen LogP contribution in [0.3, 0.4) is 0 Å². The molecule has 4 aromatic carbocycles. The lowest BCUT2D eigenvalue weighted by atomic mass is 10.00. The summed E-state index contributed by atoms with van der Waals surface area (Å²) in [6.07, 6.45) is 0. The number of nitrogens with zero attached hydrogens (tertiary/aromatic N) is 1. The van der Waals surface area contributed by atoms with E-state index in [4.69, 9.17) is 0 Å². The SMILES string of the molecule is Cc1ccc(N(c2ccc(C)c(C)c2)c2ccccc2-c2ccccc2)c(C)c1. The Morgan fingerprint density at radius 1 is 0.517 bits per heavy atom. The van der Waals surface area contributed by atoms with E-state index in [0.717, 1.165) is 0 Å². The minimum atomic E-state index is 1.18. The first kappa shape index (κ1) is 19.0. The van der Waals surface area contributed by atoms with Crippen molar-refractivity contribution in [2.45, 2.75) is 27.7 Å². The molecule has 4 aromatic rings. The number of para-hydroxylation sites is 1. The highest BCUT2D eigenvalue weighted by Crippen LogP contribution is 2.42. The van der Waals surface area contributed by atoms with Gasteiger partial charge in [-0.15, -0.1) is 0 Å². The van der Waals surface area contributed by atoms with Crippen LogP contribution < -0.4 is 4.90 Å². The highest BCUT2D eigenvalue weighted by atomic mass is 15.1. The molecule has 1 nitrogen and oxygen atoms in total. The summed E-state index contributed by atoms with van der Waals surface area (Å²) in [7, 11) is 0. The van der Waals surface area contributed by atoms with Gasteiger partial charge in [0, 0.05) is 16.9 Å². The van der Waals surface area contributed by atoms with Crippen LogP contribution in [-0.2, 0) is 0 Å². The van der Waals surface area contributed by atoms with E-state index in [1.165, 1.54) is 50.4 Å². The van der Waals surface area contributed by atoms with E-state index in [1.54, 1.807) is 0 Å². The van der Waals surface area contributed by atoms with Crippen LogP contribution in [0.25, 0.3) is 11.1 Å². The minimum Gasteiger partial charge on any atom is -0.310 e. The smallest absolute Gasteiger partial charge is 0.0540 e. The van der Waals surface area contributed by atoms with Crippen LogP contribution in [0.4, 0.5) is 17.1 Å². The van der Waals surface area contributed by atoms with Gasteiger partial charge in [0.2, 0.25) is 0 Å². The molecule has 0 bridgehead atoms. The molecule has 4 rings (SSSR count). The lowest BCUT2D eigenvalue weighted by molar-refractivity contribution is 1.22. The largest absolute Gasteiger partial charge is 0.310 e. The van der Waals surface area contributed by atoms with Crippen LogP contribution in [0.2, 0.25) is 0 Å². The fourth-order valence-corrected chi connectivity index (χ4v) is 3.86. The molecule has 0 spiro atoms. The first-order valence-electron chi connectivity index (χ1n) is 10.1.